The lowest BCUT2D eigenvalue weighted by Gasteiger charge is -2.37. The van der Waals surface area contributed by atoms with Crippen LogP contribution in [0, 0.1) is 0 Å². The lowest BCUT2D eigenvalue weighted by atomic mass is 10.1. The predicted octanol–water partition coefficient (Wildman–Crippen LogP) is 2.86. The molecule has 4 nitrogen and oxygen atoms in total. The summed E-state index contributed by atoms with van der Waals surface area (Å²) in [4.78, 5) is 10.5. The number of hydrogen-bond donors (Lipinski definition) is 1. The fourth-order valence-electron chi connectivity index (χ4n) is 2.74. The van der Waals surface area contributed by atoms with Crippen LogP contribution in [0.5, 0.6) is 0 Å². The average molecular weight is 271 g/mol. The minimum atomic E-state index is 0.223. The smallest absolute Gasteiger partial charge is 0.126 e. The second-order valence-electron chi connectivity index (χ2n) is 5.47. The fourth-order valence-corrected chi connectivity index (χ4v) is 2.74. The summed E-state index contributed by atoms with van der Waals surface area (Å²) in [5.74, 6) is 0.997. The summed E-state index contributed by atoms with van der Waals surface area (Å²) in [5.41, 5.74) is 2.23. The maximum absolute atomic E-state index is 5.63. The average Bonchev–Trinajstić information content (AvgIpc) is 2.98. The van der Waals surface area contributed by atoms with Crippen molar-refractivity contribution in [3.05, 3.63) is 42.4 Å². The summed E-state index contributed by atoms with van der Waals surface area (Å²) >= 11 is 0. The van der Waals surface area contributed by atoms with E-state index in [1.54, 1.807) is 0 Å². The van der Waals surface area contributed by atoms with E-state index in [0.29, 0.717) is 12.6 Å². The Morgan fingerprint density at radius 1 is 1.30 bits per heavy atom. The molecular formula is C16H21N3O. The highest BCUT2D eigenvalue weighted by molar-refractivity contribution is 5.58. The molecule has 1 aromatic heterocycles. The molecule has 0 spiro atoms. The van der Waals surface area contributed by atoms with Crippen LogP contribution >= 0.6 is 0 Å². The molecular weight excluding hydrogens is 250 g/mol. The van der Waals surface area contributed by atoms with E-state index in [1.165, 1.54) is 5.56 Å². The highest BCUT2D eigenvalue weighted by Crippen LogP contribution is 2.26. The molecule has 1 aliphatic heterocycles. The van der Waals surface area contributed by atoms with Crippen LogP contribution in [0.15, 0.2) is 36.5 Å². The third kappa shape index (κ3) is 2.62. The SMILES string of the molecule is CC(C)N1CCOCC1c1ncc(-c2ccccc2)[nH]1. The Bertz CT molecular complexity index is 550. The number of nitrogens with zero attached hydrogens (tertiary/aromatic N) is 2. The van der Waals surface area contributed by atoms with Crippen molar-refractivity contribution < 1.29 is 4.74 Å². The molecule has 1 saturated heterocycles. The van der Waals surface area contributed by atoms with Gasteiger partial charge in [-0.1, -0.05) is 30.3 Å². The van der Waals surface area contributed by atoms with Crippen molar-refractivity contribution in [1.29, 1.82) is 0 Å². The molecule has 20 heavy (non-hydrogen) atoms. The molecule has 0 amide bonds. The van der Waals surface area contributed by atoms with Gasteiger partial charge in [-0.05, 0) is 19.4 Å². The summed E-state index contributed by atoms with van der Waals surface area (Å²) in [6.07, 6.45) is 1.91. The molecule has 1 unspecified atom stereocenters. The highest BCUT2D eigenvalue weighted by atomic mass is 16.5. The molecule has 1 fully saturated rings. The van der Waals surface area contributed by atoms with Crippen LogP contribution < -0.4 is 0 Å². The summed E-state index contributed by atoms with van der Waals surface area (Å²) in [5, 5.41) is 0. The number of imidazole rings is 1. The van der Waals surface area contributed by atoms with Gasteiger partial charge in [0, 0.05) is 12.6 Å². The second-order valence-corrected chi connectivity index (χ2v) is 5.47. The Labute approximate surface area is 119 Å². The van der Waals surface area contributed by atoms with E-state index in [-0.39, 0.29) is 6.04 Å². The van der Waals surface area contributed by atoms with Gasteiger partial charge < -0.3 is 9.72 Å². The second kappa shape index (κ2) is 5.77. The first-order valence-corrected chi connectivity index (χ1v) is 7.19. The maximum Gasteiger partial charge on any atom is 0.126 e. The fraction of sp³-hybridized carbons (Fsp3) is 0.438. The molecule has 2 heterocycles. The van der Waals surface area contributed by atoms with Crippen molar-refractivity contribution in [2.45, 2.75) is 25.9 Å². The molecule has 3 rings (SSSR count). The molecule has 0 bridgehead atoms. The van der Waals surface area contributed by atoms with Crippen molar-refractivity contribution in [2.75, 3.05) is 19.8 Å². The number of rotatable bonds is 3. The minimum Gasteiger partial charge on any atom is -0.378 e. The van der Waals surface area contributed by atoms with Crippen molar-refractivity contribution in [2.24, 2.45) is 0 Å². The van der Waals surface area contributed by atoms with Gasteiger partial charge in [0.25, 0.3) is 0 Å². The van der Waals surface area contributed by atoms with Crippen LogP contribution in [0.1, 0.15) is 25.7 Å². The molecule has 1 aliphatic rings. The van der Waals surface area contributed by atoms with E-state index in [0.717, 1.165) is 24.7 Å². The van der Waals surface area contributed by atoms with Gasteiger partial charge in [-0.25, -0.2) is 4.98 Å². The minimum absolute atomic E-state index is 0.223. The normalized spacial score (nSPS) is 20.4. The third-order valence-corrected chi connectivity index (χ3v) is 3.83. The first kappa shape index (κ1) is 13.3. The van der Waals surface area contributed by atoms with Crippen LogP contribution in [0.3, 0.4) is 0 Å². The monoisotopic (exact) mass is 271 g/mol. The largest absolute Gasteiger partial charge is 0.378 e. The van der Waals surface area contributed by atoms with Crippen molar-refractivity contribution in [3.63, 3.8) is 0 Å². The van der Waals surface area contributed by atoms with Gasteiger partial charge in [0.15, 0.2) is 0 Å². The van der Waals surface area contributed by atoms with Crippen LogP contribution in [0.25, 0.3) is 11.3 Å². The van der Waals surface area contributed by atoms with Gasteiger partial charge in [-0.3, -0.25) is 4.90 Å². The molecule has 1 atom stereocenters. The lowest BCUT2D eigenvalue weighted by molar-refractivity contribution is -0.0262. The topological polar surface area (TPSA) is 41.1 Å². The molecule has 106 valence electrons. The molecule has 0 radical (unpaired) electrons. The zero-order valence-electron chi connectivity index (χ0n) is 12.0. The quantitative estimate of drug-likeness (QED) is 0.933. The van der Waals surface area contributed by atoms with Gasteiger partial charge in [-0.2, -0.15) is 0 Å². The molecule has 0 saturated carbocycles. The summed E-state index contributed by atoms with van der Waals surface area (Å²) in [7, 11) is 0. The summed E-state index contributed by atoms with van der Waals surface area (Å²) in [6, 6.07) is 11.0. The molecule has 4 heteroatoms. The number of aromatic amines is 1. The van der Waals surface area contributed by atoms with Crippen molar-refractivity contribution in [3.8, 4) is 11.3 Å². The summed E-state index contributed by atoms with van der Waals surface area (Å²) in [6.45, 7) is 6.92. The van der Waals surface area contributed by atoms with E-state index < -0.39 is 0 Å². The molecule has 1 N–H and O–H groups in total. The van der Waals surface area contributed by atoms with Gasteiger partial charge in [0.05, 0.1) is 31.1 Å². The number of H-pyrrole nitrogens is 1. The van der Waals surface area contributed by atoms with E-state index in [1.807, 2.05) is 24.4 Å². The van der Waals surface area contributed by atoms with Crippen LogP contribution in [0.2, 0.25) is 0 Å². The number of nitrogens with one attached hydrogen (secondary N) is 1. The van der Waals surface area contributed by atoms with Gasteiger partial charge in [-0.15, -0.1) is 0 Å². The standard InChI is InChI=1S/C16H21N3O/c1-12(2)19-8-9-20-11-15(19)16-17-10-14(18-16)13-6-4-3-5-7-13/h3-7,10,12,15H,8-9,11H2,1-2H3,(H,17,18). The number of aromatic nitrogens is 2. The Balaban J connectivity index is 1.85. The lowest BCUT2D eigenvalue weighted by Crippen LogP contribution is -2.43. The Kier molecular flexibility index (Phi) is 3.85. The number of morpholine rings is 1. The van der Waals surface area contributed by atoms with Gasteiger partial charge in [0.2, 0.25) is 0 Å². The van der Waals surface area contributed by atoms with Crippen LogP contribution in [-0.4, -0.2) is 40.7 Å². The number of ether oxygens (including phenoxy) is 1. The van der Waals surface area contributed by atoms with E-state index in [2.05, 4.69) is 40.8 Å². The van der Waals surface area contributed by atoms with E-state index in [9.17, 15) is 0 Å². The first-order chi connectivity index (χ1) is 9.75. The van der Waals surface area contributed by atoms with E-state index >= 15 is 0 Å². The Morgan fingerprint density at radius 3 is 2.85 bits per heavy atom. The van der Waals surface area contributed by atoms with Gasteiger partial charge in [0.1, 0.15) is 5.82 Å². The number of benzene rings is 1. The first-order valence-electron chi connectivity index (χ1n) is 7.19. The van der Waals surface area contributed by atoms with Crippen LogP contribution in [-0.2, 0) is 4.74 Å². The van der Waals surface area contributed by atoms with Crippen LogP contribution in [0.4, 0.5) is 0 Å². The van der Waals surface area contributed by atoms with Crippen molar-refractivity contribution in [1.82, 2.24) is 14.9 Å². The number of hydrogen-bond acceptors (Lipinski definition) is 3. The molecule has 0 aliphatic carbocycles. The maximum atomic E-state index is 5.63. The van der Waals surface area contributed by atoms with Crippen molar-refractivity contribution >= 4 is 0 Å². The van der Waals surface area contributed by atoms with E-state index in [4.69, 9.17) is 4.74 Å². The Morgan fingerprint density at radius 2 is 2.10 bits per heavy atom. The molecule has 2 aromatic rings. The zero-order chi connectivity index (χ0) is 13.9. The van der Waals surface area contributed by atoms with Gasteiger partial charge >= 0.3 is 0 Å². The third-order valence-electron chi connectivity index (χ3n) is 3.83. The Hall–Kier alpha value is -1.65. The zero-order valence-corrected chi connectivity index (χ0v) is 12.0. The predicted molar refractivity (Wildman–Crippen MR) is 79.4 cm³/mol. The molecule has 1 aromatic carbocycles. The summed E-state index contributed by atoms with van der Waals surface area (Å²) < 4.78 is 5.63. The highest BCUT2D eigenvalue weighted by Gasteiger charge is 2.28.